The molecular weight excluding hydrogens is 190 g/mol. The van der Waals surface area contributed by atoms with Crippen molar-refractivity contribution in [2.45, 2.75) is 0 Å². The molecule has 0 unspecified atom stereocenters. The molecule has 6 nitrogen and oxygen atoms in total. The summed E-state index contributed by atoms with van der Waals surface area (Å²) >= 11 is 0. The number of carbonyl (C=O) groups is 1. The quantitative estimate of drug-likeness (QED) is 0.202. The summed E-state index contributed by atoms with van der Waals surface area (Å²) in [6, 6.07) is 0. The Morgan fingerprint density at radius 1 is 1.29 bits per heavy atom. The molecule has 0 saturated heterocycles. The molecular formula is C8H16NO5+. The van der Waals surface area contributed by atoms with Crippen molar-refractivity contribution in [1.29, 1.82) is 0 Å². The van der Waals surface area contributed by atoms with E-state index in [2.05, 4.69) is 11.3 Å². The number of nitrogens with zero attached hydrogens (tertiary/aromatic N) is 1. The molecule has 0 fully saturated rings. The van der Waals surface area contributed by atoms with Gasteiger partial charge in [-0.15, -0.1) is 0 Å². The highest BCUT2D eigenvalue weighted by Gasteiger charge is 2.24. The van der Waals surface area contributed by atoms with Gasteiger partial charge in [0.2, 0.25) is 0 Å². The number of esters is 1. The first kappa shape index (κ1) is 13.1. The lowest BCUT2D eigenvalue weighted by atomic mass is 10.5. The van der Waals surface area contributed by atoms with Crippen LogP contribution in [0.1, 0.15) is 0 Å². The summed E-state index contributed by atoms with van der Waals surface area (Å²) in [7, 11) is 0. The third-order valence-electron chi connectivity index (χ3n) is 1.88. The van der Waals surface area contributed by atoms with E-state index in [1.807, 2.05) is 0 Å². The zero-order valence-electron chi connectivity index (χ0n) is 7.93. The Morgan fingerprint density at radius 3 is 2.14 bits per heavy atom. The molecule has 0 atom stereocenters. The molecule has 0 amide bonds. The van der Waals surface area contributed by atoms with Gasteiger partial charge in [0.25, 0.3) is 0 Å². The lowest BCUT2D eigenvalue weighted by Crippen LogP contribution is -2.52. The van der Waals surface area contributed by atoms with Crippen LogP contribution < -0.4 is 0 Å². The molecule has 14 heavy (non-hydrogen) atoms. The third-order valence-corrected chi connectivity index (χ3v) is 1.88. The molecule has 0 aliphatic heterocycles. The average molecular weight is 206 g/mol. The minimum absolute atomic E-state index is 0.00648. The second-order valence-electron chi connectivity index (χ2n) is 2.86. The highest BCUT2D eigenvalue weighted by atomic mass is 16.5. The van der Waals surface area contributed by atoms with Crippen molar-refractivity contribution in [1.82, 2.24) is 0 Å². The Bertz CT molecular complexity index is 182. The topological polar surface area (TPSA) is 87.0 Å². The fourth-order valence-corrected chi connectivity index (χ4v) is 0.745. The molecule has 0 rings (SSSR count). The Kier molecular flexibility index (Phi) is 6.06. The number of carbonyl (C=O) groups excluding carboxylic acids is 1. The molecule has 0 aliphatic carbocycles. The van der Waals surface area contributed by atoms with Gasteiger partial charge >= 0.3 is 5.97 Å². The Labute approximate surface area is 82.2 Å². The van der Waals surface area contributed by atoms with Crippen molar-refractivity contribution in [2.75, 3.05) is 33.3 Å². The van der Waals surface area contributed by atoms with Crippen LogP contribution in [0.4, 0.5) is 0 Å². The molecule has 0 aromatic rings. The summed E-state index contributed by atoms with van der Waals surface area (Å²) in [6.45, 7) is 2.10. The summed E-state index contributed by atoms with van der Waals surface area (Å²) in [5.41, 5.74) is 0. The SMILES string of the molecule is C=CC(=O)OCC[N+](CO)(CO)CO. The highest BCUT2D eigenvalue weighted by Crippen LogP contribution is 2.01. The van der Waals surface area contributed by atoms with E-state index in [1.54, 1.807) is 0 Å². The van der Waals surface area contributed by atoms with E-state index in [-0.39, 0.29) is 17.6 Å². The monoisotopic (exact) mass is 206 g/mol. The van der Waals surface area contributed by atoms with Gasteiger partial charge in [-0.05, 0) is 0 Å². The van der Waals surface area contributed by atoms with Gasteiger partial charge in [0.15, 0.2) is 20.2 Å². The lowest BCUT2D eigenvalue weighted by Gasteiger charge is -2.31. The first-order chi connectivity index (χ1) is 6.64. The predicted molar refractivity (Wildman–Crippen MR) is 47.5 cm³/mol. The van der Waals surface area contributed by atoms with Crippen molar-refractivity contribution in [3.63, 3.8) is 0 Å². The van der Waals surface area contributed by atoms with Crippen LogP contribution in [-0.4, -0.2) is 59.1 Å². The van der Waals surface area contributed by atoms with E-state index < -0.39 is 26.2 Å². The molecule has 82 valence electrons. The van der Waals surface area contributed by atoms with Crippen LogP contribution in [0.3, 0.4) is 0 Å². The molecule has 0 aliphatic rings. The molecule has 0 aromatic heterocycles. The van der Waals surface area contributed by atoms with Crippen LogP contribution >= 0.6 is 0 Å². The van der Waals surface area contributed by atoms with Crippen molar-refractivity contribution in [2.24, 2.45) is 0 Å². The number of quaternary nitrogens is 1. The van der Waals surface area contributed by atoms with Gasteiger partial charge in [0.1, 0.15) is 13.2 Å². The minimum Gasteiger partial charge on any atom is -0.457 e. The van der Waals surface area contributed by atoms with Gasteiger partial charge in [-0.3, -0.25) is 4.48 Å². The number of hydrogen-bond acceptors (Lipinski definition) is 5. The molecule has 0 saturated carbocycles. The fourth-order valence-electron chi connectivity index (χ4n) is 0.745. The number of aliphatic hydroxyl groups excluding tert-OH is 3. The normalized spacial score (nSPS) is 11.1. The van der Waals surface area contributed by atoms with E-state index >= 15 is 0 Å². The van der Waals surface area contributed by atoms with Gasteiger partial charge in [-0.25, -0.2) is 4.79 Å². The van der Waals surface area contributed by atoms with Crippen molar-refractivity contribution < 1.29 is 29.3 Å². The maximum Gasteiger partial charge on any atom is 0.330 e. The van der Waals surface area contributed by atoms with Crippen molar-refractivity contribution >= 4 is 5.97 Å². The molecule has 0 aromatic carbocycles. The fraction of sp³-hybridized carbons (Fsp3) is 0.625. The predicted octanol–water partition coefficient (Wildman–Crippen LogP) is -1.62. The van der Waals surface area contributed by atoms with Crippen molar-refractivity contribution in [3.8, 4) is 0 Å². The zero-order valence-corrected chi connectivity index (χ0v) is 7.93. The van der Waals surface area contributed by atoms with Crippen LogP contribution in [-0.2, 0) is 9.53 Å². The summed E-state index contributed by atoms with van der Waals surface area (Å²) in [4.78, 5) is 10.6. The second-order valence-corrected chi connectivity index (χ2v) is 2.86. The minimum atomic E-state index is -0.572. The second kappa shape index (κ2) is 6.50. The van der Waals surface area contributed by atoms with E-state index in [0.717, 1.165) is 6.08 Å². The number of hydrogen-bond donors (Lipinski definition) is 3. The van der Waals surface area contributed by atoms with E-state index in [1.165, 1.54) is 0 Å². The summed E-state index contributed by atoms with van der Waals surface area (Å²) in [5.74, 6) is -0.572. The van der Waals surface area contributed by atoms with Crippen LogP contribution in [0, 0.1) is 0 Å². The van der Waals surface area contributed by atoms with Gasteiger partial charge < -0.3 is 20.1 Å². The Hall–Kier alpha value is -0.950. The molecule has 0 bridgehead atoms. The largest absolute Gasteiger partial charge is 0.457 e. The smallest absolute Gasteiger partial charge is 0.330 e. The lowest BCUT2D eigenvalue weighted by molar-refractivity contribution is -0.976. The zero-order chi connectivity index (χ0) is 11.0. The van der Waals surface area contributed by atoms with Crippen LogP contribution in [0.5, 0.6) is 0 Å². The van der Waals surface area contributed by atoms with E-state index in [0.29, 0.717) is 0 Å². The molecule has 0 radical (unpaired) electrons. The van der Waals surface area contributed by atoms with Gasteiger partial charge in [0, 0.05) is 6.08 Å². The number of aliphatic hydroxyl groups is 3. The van der Waals surface area contributed by atoms with Gasteiger partial charge in [-0.1, -0.05) is 6.58 Å². The maximum absolute atomic E-state index is 10.6. The van der Waals surface area contributed by atoms with Gasteiger partial charge in [0.05, 0.1) is 0 Å². The third kappa shape index (κ3) is 3.84. The highest BCUT2D eigenvalue weighted by molar-refractivity contribution is 5.81. The summed E-state index contributed by atoms with van der Waals surface area (Å²) in [5, 5.41) is 26.7. The van der Waals surface area contributed by atoms with Crippen LogP contribution in [0.25, 0.3) is 0 Å². The molecule has 3 N–H and O–H groups in total. The average Bonchev–Trinajstić information content (AvgIpc) is 2.25. The molecule has 0 spiro atoms. The van der Waals surface area contributed by atoms with Crippen molar-refractivity contribution in [3.05, 3.63) is 12.7 Å². The Morgan fingerprint density at radius 2 is 1.79 bits per heavy atom. The van der Waals surface area contributed by atoms with E-state index in [4.69, 9.17) is 15.3 Å². The molecule has 0 heterocycles. The number of rotatable bonds is 7. The first-order valence-electron chi connectivity index (χ1n) is 4.11. The van der Waals surface area contributed by atoms with Crippen LogP contribution in [0.15, 0.2) is 12.7 Å². The standard InChI is InChI=1S/C8H16NO5/c1-2-8(13)14-4-3-9(5-10,6-11)7-12/h2,10-12H,1,3-7H2/q+1. The van der Waals surface area contributed by atoms with E-state index in [9.17, 15) is 4.79 Å². The maximum atomic E-state index is 10.6. The molecule has 6 heteroatoms. The Balaban J connectivity index is 3.94. The van der Waals surface area contributed by atoms with Crippen LogP contribution in [0.2, 0.25) is 0 Å². The summed E-state index contributed by atoms with van der Waals surface area (Å²) < 4.78 is 4.32. The first-order valence-corrected chi connectivity index (χ1v) is 4.11. The van der Waals surface area contributed by atoms with Gasteiger partial charge in [-0.2, -0.15) is 0 Å². The summed E-state index contributed by atoms with van der Waals surface area (Å²) in [6.07, 6.45) is 1.02. The number of ether oxygens (including phenoxy) is 1.